The van der Waals surface area contributed by atoms with Gasteiger partial charge in [0.05, 0.1) is 17.8 Å². The van der Waals surface area contributed by atoms with E-state index in [0.717, 1.165) is 26.1 Å². The molecule has 1 heterocycles. The molecule has 0 aromatic heterocycles. The molecule has 1 aliphatic rings. The molecule has 136 valence electrons. The summed E-state index contributed by atoms with van der Waals surface area (Å²) in [6, 6.07) is 9.01. The quantitative estimate of drug-likeness (QED) is 0.812. The van der Waals surface area contributed by atoms with Crippen molar-refractivity contribution in [3.8, 4) is 0 Å². The fourth-order valence-corrected chi connectivity index (χ4v) is 3.63. The maximum absolute atomic E-state index is 5.93. The minimum absolute atomic E-state index is 0.181. The molecule has 1 aromatic rings. The maximum atomic E-state index is 5.93. The van der Waals surface area contributed by atoms with Crippen molar-refractivity contribution in [1.29, 1.82) is 0 Å². The molecule has 0 radical (unpaired) electrons. The maximum Gasteiger partial charge on any atom is 0.0817 e. The Hall–Kier alpha value is -0.900. The number of ether oxygens (including phenoxy) is 2. The normalized spacial score (nSPS) is 25.5. The van der Waals surface area contributed by atoms with Gasteiger partial charge in [-0.15, -0.1) is 0 Å². The van der Waals surface area contributed by atoms with Crippen molar-refractivity contribution in [2.45, 2.75) is 71.2 Å². The van der Waals surface area contributed by atoms with Crippen molar-refractivity contribution < 1.29 is 9.47 Å². The van der Waals surface area contributed by atoms with Crippen LogP contribution >= 0.6 is 0 Å². The summed E-state index contributed by atoms with van der Waals surface area (Å²) >= 11 is 0. The Kier molecular flexibility index (Phi) is 6.11. The third-order valence-electron chi connectivity index (χ3n) is 4.94. The lowest BCUT2D eigenvalue weighted by molar-refractivity contribution is -0.0962. The highest BCUT2D eigenvalue weighted by atomic mass is 16.5. The summed E-state index contributed by atoms with van der Waals surface area (Å²) in [4.78, 5) is 2.48. The van der Waals surface area contributed by atoms with Crippen molar-refractivity contribution in [3.63, 3.8) is 0 Å². The number of morpholine rings is 1. The van der Waals surface area contributed by atoms with E-state index >= 15 is 0 Å². The SMILES string of the molecule is COC(C)(Cc1ccc(C(C)(C)C)cc1)CN1C[C@@H](C)O[C@@H](C)C1. The number of nitrogens with zero attached hydrogens (tertiary/aromatic N) is 1. The monoisotopic (exact) mass is 333 g/mol. The Morgan fingerprint density at radius 3 is 2.04 bits per heavy atom. The van der Waals surface area contributed by atoms with Crippen LogP contribution in [0.3, 0.4) is 0 Å². The average molecular weight is 334 g/mol. The van der Waals surface area contributed by atoms with Gasteiger partial charge in [0.1, 0.15) is 0 Å². The molecule has 0 aliphatic carbocycles. The van der Waals surface area contributed by atoms with Crippen LogP contribution in [0.1, 0.15) is 52.7 Å². The summed E-state index contributed by atoms with van der Waals surface area (Å²) in [6.07, 6.45) is 1.51. The van der Waals surface area contributed by atoms with E-state index in [-0.39, 0.29) is 11.0 Å². The third kappa shape index (κ3) is 5.30. The molecule has 0 spiro atoms. The minimum atomic E-state index is -0.181. The second-order valence-corrected chi connectivity index (χ2v) is 8.73. The summed E-state index contributed by atoms with van der Waals surface area (Å²) in [5, 5.41) is 0. The zero-order valence-electron chi connectivity index (χ0n) is 16.6. The second kappa shape index (κ2) is 7.55. The Labute approximate surface area is 148 Å². The Morgan fingerprint density at radius 1 is 1.04 bits per heavy atom. The third-order valence-corrected chi connectivity index (χ3v) is 4.94. The van der Waals surface area contributed by atoms with Crippen molar-refractivity contribution in [1.82, 2.24) is 4.90 Å². The molecule has 1 unspecified atom stereocenters. The fraction of sp³-hybridized carbons (Fsp3) is 0.714. The first kappa shape index (κ1) is 19.4. The molecular formula is C21H35NO2. The average Bonchev–Trinajstić information content (AvgIpc) is 2.45. The van der Waals surface area contributed by atoms with Gasteiger partial charge in [-0.1, -0.05) is 45.0 Å². The molecule has 24 heavy (non-hydrogen) atoms. The van der Waals surface area contributed by atoms with Gasteiger partial charge in [0.15, 0.2) is 0 Å². The highest BCUT2D eigenvalue weighted by Gasteiger charge is 2.31. The van der Waals surface area contributed by atoms with Crippen LogP contribution in [0.5, 0.6) is 0 Å². The van der Waals surface area contributed by atoms with E-state index in [0.29, 0.717) is 12.2 Å². The molecule has 3 heteroatoms. The molecule has 1 saturated heterocycles. The fourth-order valence-electron chi connectivity index (χ4n) is 3.63. The van der Waals surface area contributed by atoms with Crippen LogP contribution in [0, 0.1) is 0 Å². The van der Waals surface area contributed by atoms with Crippen molar-refractivity contribution in [3.05, 3.63) is 35.4 Å². The lowest BCUT2D eigenvalue weighted by Crippen LogP contribution is -2.52. The van der Waals surface area contributed by atoms with Gasteiger partial charge in [0, 0.05) is 33.2 Å². The number of methoxy groups -OCH3 is 1. The number of hydrogen-bond donors (Lipinski definition) is 0. The summed E-state index contributed by atoms with van der Waals surface area (Å²) in [6.45, 7) is 16.2. The largest absolute Gasteiger partial charge is 0.377 e. The molecule has 0 amide bonds. The van der Waals surface area contributed by atoms with Crippen LogP contribution in [-0.2, 0) is 21.3 Å². The number of benzene rings is 1. The smallest absolute Gasteiger partial charge is 0.0817 e. The molecule has 2 rings (SSSR count). The van der Waals surface area contributed by atoms with Gasteiger partial charge in [-0.25, -0.2) is 0 Å². The second-order valence-electron chi connectivity index (χ2n) is 8.73. The zero-order chi connectivity index (χ0) is 18.0. The molecule has 1 aliphatic heterocycles. The first-order valence-corrected chi connectivity index (χ1v) is 9.14. The Balaban J connectivity index is 2.04. The number of rotatable bonds is 5. The van der Waals surface area contributed by atoms with Gasteiger partial charge in [-0.05, 0) is 37.3 Å². The lowest BCUT2D eigenvalue weighted by atomic mass is 9.85. The zero-order valence-corrected chi connectivity index (χ0v) is 16.6. The summed E-state index contributed by atoms with van der Waals surface area (Å²) < 4.78 is 11.8. The molecule has 1 fully saturated rings. The van der Waals surface area contributed by atoms with Gasteiger partial charge < -0.3 is 9.47 Å². The van der Waals surface area contributed by atoms with Gasteiger partial charge >= 0.3 is 0 Å². The van der Waals surface area contributed by atoms with E-state index in [9.17, 15) is 0 Å². The predicted octanol–water partition coefficient (Wildman–Crippen LogP) is 4.04. The van der Waals surface area contributed by atoms with E-state index in [1.165, 1.54) is 11.1 Å². The van der Waals surface area contributed by atoms with Crippen molar-refractivity contribution in [2.24, 2.45) is 0 Å². The highest BCUT2D eigenvalue weighted by molar-refractivity contribution is 5.28. The van der Waals surface area contributed by atoms with Crippen LogP contribution < -0.4 is 0 Å². The highest BCUT2D eigenvalue weighted by Crippen LogP contribution is 2.25. The van der Waals surface area contributed by atoms with Crippen LogP contribution in [0.2, 0.25) is 0 Å². The lowest BCUT2D eigenvalue weighted by Gasteiger charge is -2.40. The van der Waals surface area contributed by atoms with E-state index in [1.807, 2.05) is 7.11 Å². The van der Waals surface area contributed by atoms with E-state index in [1.54, 1.807) is 0 Å². The van der Waals surface area contributed by atoms with Crippen molar-refractivity contribution in [2.75, 3.05) is 26.7 Å². The summed E-state index contributed by atoms with van der Waals surface area (Å²) in [7, 11) is 1.83. The molecule has 0 N–H and O–H groups in total. The van der Waals surface area contributed by atoms with E-state index in [4.69, 9.17) is 9.47 Å². The number of hydrogen-bond acceptors (Lipinski definition) is 3. The van der Waals surface area contributed by atoms with Crippen molar-refractivity contribution >= 4 is 0 Å². The van der Waals surface area contributed by atoms with E-state index < -0.39 is 0 Å². The topological polar surface area (TPSA) is 21.7 Å². The Bertz CT molecular complexity index is 510. The predicted molar refractivity (Wildman–Crippen MR) is 101 cm³/mol. The summed E-state index contributed by atoms with van der Waals surface area (Å²) in [5.41, 5.74) is 2.73. The van der Waals surface area contributed by atoms with Gasteiger partial charge in [-0.3, -0.25) is 4.90 Å². The van der Waals surface area contributed by atoms with Gasteiger partial charge in [0.25, 0.3) is 0 Å². The first-order chi connectivity index (χ1) is 11.1. The molecule has 3 nitrogen and oxygen atoms in total. The van der Waals surface area contributed by atoms with Crippen LogP contribution in [0.4, 0.5) is 0 Å². The Morgan fingerprint density at radius 2 is 1.58 bits per heavy atom. The molecule has 0 bridgehead atoms. The summed E-state index contributed by atoms with van der Waals surface area (Å²) in [5.74, 6) is 0. The van der Waals surface area contributed by atoms with Crippen LogP contribution in [0.25, 0.3) is 0 Å². The minimum Gasteiger partial charge on any atom is -0.377 e. The molecule has 0 saturated carbocycles. The van der Waals surface area contributed by atoms with Crippen LogP contribution in [0.15, 0.2) is 24.3 Å². The molecule has 1 aromatic carbocycles. The van der Waals surface area contributed by atoms with E-state index in [2.05, 4.69) is 70.7 Å². The molecular weight excluding hydrogens is 298 g/mol. The first-order valence-electron chi connectivity index (χ1n) is 9.14. The van der Waals surface area contributed by atoms with Gasteiger partial charge in [-0.2, -0.15) is 0 Å². The molecule has 3 atom stereocenters. The van der Waals surface area contributed by atoms with Crippen LogP contribution in [-0.4, -0.2) is 49.5 Å². The van der Waals surface area contributed by atoms with Gasteiger partial charge in [0.2, 0.25) is 0 Å². The standard InChI is InChI=1S/C21H35NO2/c1-16-13-22(14-17(2)24-16)15-21(6,23-7)12-18-8-10-19(11-9-18)20(3,4)5/h8-11,16-17H,12-15H2,1-7H3/t16-,17+,21?.